The molecule has 0 N–H and O–H groups in total. The summed E-state index contributed by atoms with van der Waals surface area (Å²) in [5, 5.41) is 13.6. The molecule has 3 nitrogen and oxygen atoms in total. The molecule has 4 rings (SSSR count). The molecule has 1 aliphatic heterocycles. The lowest BCUT2D eigenvalue weighted by Gasteiger charge is -2.07. The van der Waals surface area contributed by atoms with E-state index < -0.39 is 0 Å². The van der Waals surface area contributed by atoms with Crippen LogP contribution in [0.1, 0.15) is 0 Å². The Morgan fingerprint density at radius 2 is 1.62 bits per heavy atom. The summed E-state index contributed by atoms with van der Waals surface area (Å²) in [4.78, 5) is 3.05. The molecular formula is C17H14N2OS. The van der Waals surface area contributed by atoms with Crippen LogP contribution in [-0.2, 0) is 6.54 Å². The van der Waals surface area contributed by atoms with E-state index in [9.17, 15) is 5.11 Å². The predicted octanol–water partition coefficient (Wildman–Crippen LogP) is 2.93. The van der Waals surface area contributed by atoms with Crippen molar-refractivity contribution < 1.29 is 9.67 Å². The van der Waals surface area contributed by atoms with Crippen LogP contribution in [0.25, 0.3) is 10.4 Å². The van der Waals surface area contributed by atoms with Gasteiger partial charge in [-0.15, -0.1) is 0 Å². The van der Waals surface area contributed by atoms with Crippen molar-refractivity contribution in [3.05, 3.63) is 60.7 Å². The van der Waals surface area contributed by atoms with Crippen LogP contribution >= 0.6 is 11.3 Å². The highest BCUT2D eigenvalue weighted by molar-refractivity contribution is 7.18. The van der Waals surface area contributed by atoms with Crippen molar-refractivity contribution in [2.24, 2.45) is 0 Å². The number of nitrogens with zero attached hydrogens (tertiary/aromatic N) is 2. The molecule has 4 heteroatoms. The van der Waals surface area contributed by atoms with Gasteiger partial charge < -0.3 is 5.11 Å². The zero-order valence-electron chi connectivity index (χ0n) is 11.4. The van der Waals surface area contributed by atoms with Crippen molar-refractivity contribution in [2.45, 2.75) is 6.54 Å². The van der Waals surface area contributed by atoms with Gasteiger partial charge >= 0.3 is 5.13 Å². The van der Waals surface area contributed by atoms with Crippen LogP contribution in [0, 0.1) is 0 Å². The van der Waals surface area contributed by atoms with Crippen LogP contribution in [0.3, 0.4) is 0 Å². The third-order valence-corrected chi connectivity index (χ3v) is 4.98. The number of anilines is 2. The van der Waals surface area contributed by atoms with E-state index in [1.807, 2.05) is 53.1 Å². The van der Waals surface area contributed by atoms with Gasteiger partial charge in [0, 0.05) is 0 Å². The van der Waals surface area contributed by atoms with Crippen molar-refractivity contribution in [1.82, 2.24) is 0 Å². The molecule has 1 aromatic heterocycles. The average molecular weight is 294 g/mol. The fraction of sp³-hybridized carbons (Fsp3) is 0.118. The first kappa shape index (κ1) is 12.4. The first-order valence-electron chi connectivity index (χ1n) is 6.96. The van der Waals surface area contributed by atoms with E-state index >= 15 is 0 Å². The second-order valence-corrected chi connectivity index (χ2v) is 6.00. The van der Waals surface area contributed by atoms with Crippen molar-refractivity contribution in [3.8, 4) is 16.3 Å². The smallest absolute Gasteiger partial charge is 0.341 e. The molecule has 0 aliphatic carbocycles. The Morgan fingerprint density at radius 3 is 2.33 bits per heavy atom. The standard InChI is InChI=1S/C17H14N2OS/c20-16-15(13-7-3-1-4-8-13)21-17-18(11-12-19(16)17)14-9-5-2-6-10-14/h1-10H,11-12H2. The topological polar surface area (TPSA) is 30.2 Å². The maximum absolute atomic E-state index is 12.6. The Hall–Kier alpha value is -2.33. The summed E-state index contributed by atoms with van der Waals surface area (Å²) >= 11 is 1.58. The van der Waals surface area contributed by atoms with E-state index in [1.165, 1.54) is 0 Å². The van der Waals surface area contributed by atoms with Crippen molar-refractivity contribution in [2.75, 3.05) is 11.4 Å². The molecule has 0 spiro atoms. The van der Waals surface area contributed by atoms with E-state index in [4.69, 9.17) is 0 Å². The molecule has 0 saturated carbocycles. The van der Waals surface area contributed by atoms with Gasteiger partial charge in [-0.1, -0.05) is 48.5 Å². The molecule has 0 fully saturated rings. The Bertz CT molecular complexity index is 768. The van der Waals surface area contributed by atoms with Gasteiger partial charge in [0.05, 0.1) is 10.8 Å². The van der Waals surface area contributed by atoms with Crippen molar-refractivity contribution in [3.63, 3.8) is 0 Å². The van der Waals surface area contributed by atoms with Gasteiger partial charge in [0.25, 0.3) is 0 Å². The van der Waals surface area contributed by atoms with E-state index in [2.05, 4.69) is 17.0 Å². The average Bonchev–Trinajstić information content (AvgIpc) is 3.10. The van der Waals surface area contributed by atoms with Gasteiger partial charge in [0.1, 0.15) is 18.8 Å². The molecule has 0 atom stereocenters. The maximum atomic E-state index is 12.6. The summed E-state index contributed by atoms with van der Waals surface area (Å²) in [5.74, 6) is 0.125. The SMILES string of the molecule is [O-]c1c(-c2ccccc2)sc2[n+]1CCN2c1ccccc1. The number of para-hydroxylation sites is 1. The molecule has 0 bridgehead atoms. The molecule has 1 aliphatic rings. The summed E-state index contributed by atoms with van der Waals surface area (Å²) in [7, 11) is 0. The van der Waals surface area contributed by atoms with E-state index in [1.54, 1.807) is 11.3 Å². The summed E-state index contributed by atoms with van der Waals surface area (Å²) in [5.41, 5.74) is 2.15. The zero-order valence-corrected chi connectivity index (χ0v) is 12.2. The van der Waals surface area contributed by atoms with Crippen LogP contribution in [0.4, 0.5) is 10.8 Å². The molecular weight excluding hydrogens is 280 g/mol. The molecule has 0 amide bonds. The molecule has 2 aromatic carbocycles. The van der Waals surface area contributed by atoms with Crippen LogP contribution in [-0.4, -0.2) is 6.54 Å². The van der Waals surface area contributed by atoms with Gasteiger partial charge in [-0.2, -0.15) is 0 Å². The summed E-state index contributed by atoms with van der Waals surface area (Å²) in [6.07, 6.45) is 0. The molecule has 0 saturated heterocycles. The number of hydrogen-bond acceptors (Lipinski definition) is 3. The number of thiazole rings is 1. The summed E-state index contributed by atoms with van der Waals surface area (Å²) in [6, 6.07) is 20.1. The highest BCUT2D eigenvalue weighted by Crippen LogP contribution is 2.40. The van der Waals surface area contributed by atoms with Crippen molar-refractivity contribution >= 4 is 22.2 Å². The second kappa shape index (κ2) is 4.90. The summed E-state index contributed by atoms with van der Waals surface area (Å²) in [6.45, 7) is 1.62. The van der Waals surface area contributed by atoms with E-state index in [0.29, 0.717) is 0 Å². The second-order valence-electron chi connectivity index (χ2n) is 5.02. The minimum atomic E-state index is 0.125. The molecule has 21 heavy (non-hydrogen) atoms. The number of aromatic nitrogens is 1. The number of benzene rings is 2. The van der Waals surface area contributed by atoms with Gasteiger partial charge in [-0.05, 0) is 29.0 Å². The molecule has 3 aromatic rings. The van der Waals surface area contributed by atoms with Gasteiger partial charge in [-0.25, -0.2) is 9.47 Å². The Balaban J connectivity index is 1.80. The Kier molecular flexibility index (Phi) is 2.89. The van der Waals surface area contributed by atoms with Crippen LogP contribution in [0.5, 0.6) is 5.88 Å². The third kappa shape index (κ3) is 1.99. The van der Waals surface area contributed by atoms with Crippen LogP contribution in [0.15, 0.2) is 60.7 Å². The van der Waals surface area contributed by atoms with Crippen molar-refractivity contribution in [1.29, 1.82) is 0 Å². The zero-order chi connectivity index (χ0) is 14.2. The Labute approximate surface area is 127 Å². The predicted molar refractivity (Wildman–Crippen MR) is 82.8 cm³/mol. The molecule has 0 unspecified atom stereocenters. The largest absolute Gasteiger partial charge is 0.841 e. The monoisotopic (exact) mass is 294 g/mol. The highest BCUT2D eigenvalue weighted by atomic mass is 32.1. The van der Waals surface area contributed by atoms with Gasteiger partial charge in [0.15, 0.2) is 0 Å². The minimum absolute atomic E-state index is 0.125. The molecule has 2 heterocycles. The number of rotatable bonds is 2. The van der Waals surface area contributed by atoms with Crippen LogP contribution < -0.4 is 14.6 Å². The molecule has 104 valence electrons. The first-order valence-corrected chi connectivity index (χ1v) is 7.78. The fourth-order valence-corrected chi connectivity index (χ4v) is 3.94. The van der Waals surface area contributed by atoms with E-state index in [-0.39, 0.29) is 5.88 Å². The quantitative estimate of drug-likeness (QED) is 0.680. The first-order chi connectivity index (χ1) is 10.3. The lowest BCUT2D eigenvalue weighted by atomic mass is 10.2. The minimum Gasteiger partial charge on any atom is -0.841 e. The third-order valence-electron chi connectivity index (χ3n) is 3.75. The lowest BCUT2D eigenvalue weighted by molar-refractivity contribution is -0.708. The summed E-state index contributed by atoms with van der Waals surface area (Å²) < 4.78 is 1.89. The number of fused-ring (bicyclic) bond motifs is 1. The fourth-order valence-electron chi connectivity index (χ4n) is 2.71. The van der Waals surface area contributed by atoms with E-state index in [0.717, 1.165) is 34.3 Å². The number of hydrogen-bond donors (Lipinski definition) is 0. The van der Waals surface area contributed by atoms with Gasteiger partial charge in [0.2, 0.25) is 0 Å². The maximum Gasteiger partial charge on any atom is 0.341 e. The van der Waals surface area contributed by atoms with Gasteiger partial charge in [-0.3, -0.25) is 0 Å². The molecule has 0 radical (unpaired) electrons. The normalized spacial score (nSPS) is 13.4. The highest BCUT2D eigenvalue weighted by Gasteiger charge is 2.33. The lowest BCUT2D eigenvalue weighted by Crippen LogP contribution is -2.32. The Morgan fingerprint density at radius 1 is 0.952 bits per heavy atom. The van der Waals surface area contributed by atoms with Crippen LogP contribution in [0.2, 0.25) is 0 Å².